The molecule has 2 aliphatic rings. The molecule has 39 heavy (non-hydrogen) atoms. The molecule has 9 nitrogen and oxygen atoms in total. The minimum absolute atomic E-state index is 0.0212. The van der Waals surface area contributed by atoms with Crippen LogP contribution in [0.4, 0.5) is 0 Å². The number of carbonyl (C=O) groups excluding carboxylic acids is 3. The number of nitrogens with one attached hydrogen (secondary N) is 2. The fraction of sp³-hybridized carbons (Fsp3) is 0.483. The number of benzene rings is 2. The van der Waals surface area contributed by atoms with Crippen LogP contribution < -0.4 is 10.6 Å². The molecule has 10 heteroatoms. The van der Waals surface area contributed by atoms with E-state index in [1.165, 1.54) is 22.7 Å². The number of aliphatic hydroxyl groups is 1. The fourth-order valence-corrected chi connectivity index (χ4v) is 6.24. The molecular weight excluding hydrogens is 518 g/mol. The highest BCUT2D eigenvalue weighted by molar-refractivity contribution is 8.00. The van der Waals surface area contributed by atoms with Crippen LogP contribution in [-0.2, 0) is 20.7 Å². The fourth-order valence-electron chi connectivity index (χ4n) is 5.10. The van der Waals surface area contributed by atoms with Gasteiger partial charge in [0.2, 0.25) is 5.91 Å². The van der Waals surface area contributed by atoms with E-state index in [-0.39, 0.29) is 35.6 Å². The summed E-state index contributed by atoms with van der Waals surface area (Å²) in [6.07, 6.45) is 0.391. The number of carbonyl (C=O) groups is 3. The molecule has 2 aromatic rings. The number of thioether (sulfide) groups is 1. The van der Waals surface area contributed by atoms with Gasteiger partial charge in [0, 0.05) is 29.0 Å². The predicted octanol–water partition coefficient (Wildman–Crippen LogP) is 2.38. The lowest BCUT2D eigenvalue weighted by Crippen LogP contribution is -2.59. The number of hydrogen-bond donors (Lipinski definition) is 4. The van der Waals surface area contributed by atoms with Crippen LogP contribution in [-0.4, -0.2) is 80.9 Å². The molecular formula is C29H37N3O6S. The molecule has 0 aliphatic carbocycles. The summed E-state index contributed by atoms with van der Waals surface area (Å²) in [5.74, 6) is -1.22. The first kappa shape index (κ1) is 28.9. The molecule has 4 rings (SSSR count). The molecule has 0 aromatic heterocycles. The summed E-state index contributed by atoms with van der Waals surface area (Å²) in [5, 5.41) is 27.2. The number of amides is 3. The first-order valence-corrected chi connectivity index (χ1v) is 14.2. The molecule has 2 aliphatic heterocycles. The lowest BCUT2D eigenvalue weighted by molar-refractivity contribution is -0.147. The van der Waals surface area contributed by atoms with Gasteiger partial charge in [0.15, 0.2) is 6.10 Å². The number of aliphatic hydroxyl groups excluding tert-OH is 1. The van der Waals surface area contributed by atoms with Crippen LogP contribution in [0.15, 0.2) is 48.5 Å². The third-order valence-electron chi connectivity index (χ3n) is 7.40. The number of ether oxygens (including phenoxy) is 1. The highest BCUT2D eigenvalue weighted by Gasteiger charge is 2.50. The van der Waals surface area contributed by atoms with E-state index in [2.05, 4.69) is 10.6 Å². The third-order valence-corrected chi connectivity index (χ3v) is 8.78. The van der Waals surface area contributed by atoms with Crippen molar-refractivity contribution in [3.05, 3.63) is 65.2 Å². The molecule has 0 saturated carbocycles. The van der Waals surface area contributed by atoms with Crippen LogP contribution in [0.2, 0.25) is 0 Å². The molecule has 4 N–H and O–H groups in total. The van der Waals surface area contributed by atoms with Crippen LogP contribution in [0, 0.1) is 6.92 Å². The van der Waals surface area contributed by atoms with Crippen molar-refractivity contribution in [1.82, 2.24) is 15.5 Å². The first-order valence-electron chi connectivity index (χ1n) is 13.2. The second-order valence-corrected chi connectivity index (χ2v) is 12.2. The lowest BCUT2D eigenvalue weighted by Gasteiger charge is -2.33. The predicted molar refractivity (Wildman–Crippen MR) is 149 cm³/mol. The van der Waals surface area contributed by atoms with E-state index in [0.717, 1.165) is 18.4 Å². The number of phenols is 1. The number of nitrogens with zero attached hydrogens (tertiary/aromatic N) is 1. The van der Waals surface area contributed by atoms with Crippen LogP contribution in [0.5, 0.6) is 5.75 Å². The van der Waals surface area contributed by atoms with Gasteiger partial charge in [0.1, 0.15) is 11.8 Å². The zero-order valence-electron chi connectivity index (χ0n) is 22.6. The van der Waals surface area contributed by atoms with E-state index in [1.807, 2.05) is 44.2 Å². The van der Waals surface area contributed by atoms with E-state index >= 15 is 0 Å². The second kappa shape index (κ2) is 12.4. The Kier molecular flexibility index (Phi) is 9.19. The Labute approximate surface area is 233 Å². The molecule has 4 atom stereocenters. The van der Waals surface area contributed by atoms with Crippen molar-refractivity contribution in [2.24, 2.45) is 0 Å². The number of rotatable bonds is 9. The lowest BCUT2D eigenvalue weighted by atomic mass is 9.96. The molecule has 0 radical (unpaired) electrons. The van der Waals surface area contributed by atoms with Crippen LogP contribution in [0.3, 0.4) is 0 Å². The van der Waals surface area contributed by atoms with Crippen LogP contribution in [0.25, 0.3) is 0 Å². The van der Waals surface area contributed by atoms with Crippen molar-refractivity contribution in [2.45, 2.75) is 69.1 Å². The molecule has 2 heterocycles. The van der Waals surface area contributed by atoms with E-state index in [4.69, 9.17) is 4.74 Å². The van der Waals surface area contributed by atoms with Gasteiger partial charge >= 0.3 is 0 Å². The van der Waals surface area contributed by atoms with E-state index in [9.17, 15) is 24.6 Å². The summed E-state index contributed by atoms with van der Waals surface area (Å²) in [5.41, 5.74) is 1.47. The molecule has 2 fully saturated rings. The standard InChI is InChI=1S/C29H37N3O6S/c1-18-21(12-7-13-23(18)33)26(35)31-22(15-19-9-5-4-6-10-19)24(34)28(37)32-17-39-29(2,3)25(32)27(36)30-16-20-11-8-14-38-20/h4-7,9-10,12-13,20,22,24-25,33-34H,8,11,14-17H2,1-3H3,(H,30,36)(H,31,35)/t20?,22-,24-,25+/m0/s1. The van der Waals surface area contributed by atoms with Gasteiger partial charge in [-0.1, -0.05) is 36.4 Å². The van der Waals surface area contributed by atoms with Gasteiger partial charge in [-0.15, -0.1) is 11.8 Å². The maximum absolute atomic E-state index is 13.7. The van der Waals surface area contributed by atoms with Gasteiger partial charge in [0.05, 0.1) is 18.0 Å². The zero-order valence-corrected chi connectivity index (χ0v) is 23.4. The Morgan fingerprint density at radius 3 is 2.59 bits per heavy atom. The summed E-state index contributed by atoms with van der Waals surface area (Å²) >= 11 is 1.46. The molecule has 2 saturated heterocycles. The molecule has 2 aromatic carbocycles. The topological polar surface area (TPSA) is 128 Å². The average molecular weight is 556 g/mol. The van der Waals surface area contributed by atoms with Crippen LogP contribution in [0.1, 0.15) is 48.2 Å². The van der Waals surface area contributed by atoms with Gasteiger partial charge < -0.3 is 30.5 Å². The number of phenolic OH excluding ortho intramolecular Hbond substituents is 1. The van der Waals surface area contributed by atoms with E-state index in [0.29, 0.717) is 18.7 Å². The van der Waals surface area contributed by atoms with Crippen molar-refractivity contribution >= 4 is 29.5 Å². The summed E-state index contributed by atoms with van der Waals surface area (Å²) in [6.45, 7) is 6.49. The minimum atomic E-state index is -1.60. The average Bonchev–Trinajstić information content (AvgIpc) is 3.55. The van der Waals surface area contributed by atoms with Crippen molar-refractivity contribution in [3.63, 3.8) is 0 Å². The highest BCUT2D eigenvalue weighted by atomic mass is 32.2. The van der Waals surface area contributed by atoms with Crippen molar-refractivity contribution in [3.8, 4) is 5.75 Å². The van der Waals surface area contributed by atoms with Gasteiger partial charge in [0.25, 0.3) is 11.8 Å². The Balaban J connectivity index is 1.54. The quantitative estimate of drug-likeness (QED) is 0.374. The molecule has 3 amide bonds. The van der Waals surface area contributed by atoms with Crippen LogP contribution >= 0.6 is 11.8 Å². The molecule has 0 spiro atoms. The maximum Gasteiger partial charge on any atom is 0.254 e. The van der Waals surface area contributed by atoms with Crippen molar-refractivity contribution in [1.29, 1.82) is 0 Å². The Morgan fingerprint density at radius 1 is 1.15 bits per heavy atom. The first-order chi connectivity index (χ1) is 18.6. The van der Waals surface area contributed by atoms with E-state index in [1.54, 1.807) is 19.1 Å². The van der Waals surface area contributed by atoms with Crippen molar-refractivity contribution < 1.29 is 29.3 Å². The van der Waals surface area contributed by atoms with Gasteiger partial charge in [-0.2, -0.15) is 0 Å². The molecule has 210 valence electrons. The highest BCUT2D eigenvalue weighted by Crippen LogP contribution is 2.40. The Bertz CT molecular complexity index is 1180. The van der Waals surface area contributed by atoms with Crippen molar-refractivity contribution in [2.75, 3.05) is 19.0 Å². The van der Waals surface area contributed by atoms with Gasteiger partial charge in [-0.05, 0) is 57.7 Å². The molecule has 1 unspecified atom stereocenters. The maximum atomic E-state index is 13.7. The van der Waals surface area contributed by atoms with E-state index < -0.39 is 34.7 Å². The monoisotopic (exact) mass is 555 g/mol. The SMILES string of the molecule is Cc1c(O)cccc1C(=O)N[C@@H](Cc1ccccc1)[C@H](O)C(=O)N1CSC(C)(C)[C@H]1C(=O)NCC1CCCO1. The second-order valence-electron chi connectivity index (χ2n) is 10.6. The number of hydrogen-bond acceptors (Lipinski definition) is 7. The molecule has 0 bridgehead atoms. The Hall–Kier alpha value is -3.08. The minimum Gasteiger partial charge on any atom is -0.508 e. The summed E-state index contributed by atoms with van der Waals surface area (Å²) in [6, 6.07) is 12.1. The largest absolute Gasteiger partial charge is 0.508 e. The van der Waals surface area contributed by atoms with Gasteiger partial charge in [-0.3, -0.25) is 14.4 Å². The van der Waals surface area contributed by atoms with Gasteiger partial charge in [-0.25, -0.2) is 0 Å². The smallest absolute Gasteiger partial charge is 0.254 e. The summed E-state index contributed by atoms with van der Waals surface area (Å²) in [4.78, 5) is 41.7. The summed E-state index contributed by atoms with van der Waals surface area (Å²) in [7, 11) is 0. The normalized spacial score (nSPS) is 21.8. The Morgan fingerprint density at radius 2 is 1.90 bits per heavy atom. The summed E-state index contributed by atoms with van der Waals surface area (Å²) < 4.78 is 5.03. The zero-order chi connectivity index (χ0) is 28.2. The number of aromatic hydroxyl groups is 1. The third kappa shape index (κ3) is 6.74.